The zero-order valence-electron chi connectivity index (χ0n) is 6.25. The van der Waals surface area contributed by atoms with E-state index >= 15 is 0 Å². The second kappa shape index (κ2) is 3.82. The van der Waals surface area contributed by atoms with Crippen molar-refractivity contribution in [2.45, 2.75) is 24.6 Å². The number of rotatable bonds is 4. The third-order valence-corrected chi connectivity index (χ3v) is 1.77. The van der Waals surface area contributed by atoms with Crippen LogP contribution in [-0.4, -0.2) is 33.2 Å². The minimum atomic E-state index is -3.00. The molecule has 2 unspecified atom stereocenters. The van der Waals surface area contributed by atoms with Crippen LogP contribution in [0.15, 0.2) is 0 Å². The van der Waals surface area contributed by atoms with Crippen LogP contribution in [-0.2, 0) is 9.59 Å². The van der Waals surface area contributed by atoms with Crippen molar-refractivity contribution in [2.24, 2.45) is 0 Å². The van der Waals surface area contributed by atoms with Crippen LogP contribution in [0.3, 0.4) is 0 Å². The Bertz CT molecular complexity index is 204. The molecular weight excluding hydrogens is 191 g/mol. The van der Waals surface area contributed by atoms with Crippen LogP contribution in [0, 0.1) is 0 Å². The largest absolute Gasteiger partial charge is 0.481 e. The number of aliphatic hydroxyl groups is 1. The Labute approximate surface area is 72.9 Å². The number of aliphatic hydroxyl groups excluding tert-OH is 1. The quantitative estimate of drug-likeness (QED) is 0.638. The molecule has 0 aromatic rings. The highest BCUT2D eigenvalue weighted by molar-refractivity contribution is 6.34. The van der Waals surface area contributed by atoms with Gasteiger partial charge in [-0.2, -0.15) is 0 Å². The molecule has 0 aromatic heterocycles. The minimum absolute atomic E-state index is 0.831. The van der Waals surface area contributed by atoms with Gasteiger partial charge in [-0.1, -0.05) is 11.6 Å². The first-order chi connectivity index (χ1) is 5.28. The van der Waals surface area contributed by atoms with Gasteiger partial charge in [-0.15, -0.1) is 0 Å². The highest BCUT2D eigenvalue weighted by atomic mass is 35.5. The molecule has 0 saturated heterocycles. The molecule has 0 aliphatic heterocycles. The lowest BCUT2D eigenvalue weighted by molar-refractivity contribution is -0.142. The van der Waals surface area contributed by atoms with Crippen molar-refractivity contribution in [3.05, 3.63) is 0 Å². The number of hydrogen-bond acceptors (Lipinski definition) is 3. The van der Waals surface area contributed by atoms with E-state index in [1.54, 1.807) is 0 Å². The first kappa shape index (κ1) is 11.3. The average Bonchev–Trinajstić information content (AvgIpc) is 1.85. The first-order valence-corrected chi connectivity index (χ1v) is 3.45. The second-order valence-corrected chi connectivity index (χ2v) is 2.84. The molecule has 12 heavy (non-hydrogen) atoms. The number of halogens is 2. The Kier molecular flexibility index (Phi) is 3.60. The van der Waals surface area contributed by atoms with Crippen molar-refractivity contribution in [1.82, 2.24) is 0 Å². The summed E-state index contributed by atoms with van der Waals surface area (Å²) in [6.07, 6.45) is -2.92. The zero-order valence-corrected chi connectivity index (χ0v) is 7.01. The third-order valence-electron chi connectivity index (χ3n) is 1.26. The maximum atomic E-state index is 12.9. The Hall–Kier alpha value is -0.680. The standard InChI is InChI=1S/C6H8ClFO4/c1-3(9)6(7,8)4(10)2-5(11)12/h4,10H,2H2,1H3,(H,11,12). The van der Waals surface area contributed by atoms with Gasteiger partial charge in [-0.3, -0.25) is 9.59 Å². The van der Waals surface area contributed by atoms with Crippen LogP contribution in [0.25, 0.3) is 0 Å². The van der Waals surface area contributed by atoms with Gasteiger partial charge in [0.25, 0.3) is 5.13 Å². The smallest absolute Gasteiger partial charge is 0.306 e. The Morgan fingerprint density at radius 1 is 1.67 bits per heavy atom. The molecule has 4 nitrogen and oxygen atoms in total. The van der Waals surface area contributed by atoms with Crippen molar-refractivity contribution in [1.29, 1.82) is 0 Å². The number of carboxylic acid groups (broad SMARTS) is 1. The molecule has 2 atom stereocenters. The van der Waals surface area contributed by atoms with Crippen molar-refractivity contribution >= 4 is 23.4 Å². The van der Waals surface area contributed by atoms with Crippen molar-refractivity contribution in [3.8, 4) is 0 Å². The van der Waals surface area contributed by atoms with Crippen LogP contribution in [0.2, 0.25) is 0 Å². The summed E-state index contributed by atoms with van der Waals surface area (Å²) in [5.41, 5.74) is 0. The molecule has 0 aliphatic rings. The van der Waals surface area contributed by atoms with Crippen LogP contribution >= 0.6 is 11.6 Å². The van der Waals surface area contributed by atoms with Crippen molar-refractivity contribution < 1.29 is 24.2 Å². The number of alkyl halides is 2. The number of aliphatic carboxylic acids is 1. The topological polar surface area (TPSA) is 74.6 Å². The van der Waals surface area contributed by atoms with Gasteiger partial charge in [-0.05, 0) is 6.92 Å². The van der Waals surface area contributed by atoms with Crippen LogP contribution in [0.1, 0.15) is 13.3 Å². The second-order valence-electron chi connectivity index (χ2n) is 2.29. The average molecular weight is 199 g/mol. The van der Waals surface area contributed by atoms with E-state index in [-0.39, 0.29) is 0 Å². The molecule has 0 saturated carbocycles. The van der Waals surface area contributed by atoms with Crippen LogP contribution in [0.5, 0.6) is 0 Å². The Morgan fingerprint density at radius 3 is 2.33 bits per heavy atom. The van der Waals surface area contributed by atoms with Gasteiger partial charge in [0.15, 0.2) is 5.78 Å². The van der Waals surface area contributed by atoms with Crippen LogP contribution < -0.4 is 0 Å². The van der Waals surface area contributed by atoms with E-state index in [9.17, 15) is 14.0 Å². The fourth-order valence-corrected chi connectivity index (χ4v) is 0.605. The molecule has 0 amide bonds. The maximum absolute atomic E-state index is 12.9. The van der Waals surface area contributed by atoms with Gasteiger partial charge in [0, 0.05) is 0 Å². The lowest BCUT2D eigenvalue weighted by atomic mass is 10.1. The summed E-state index contributed by atoms with van der Waals surface area (Å²) in [5.74, 6) is -2.54. The number of carboxylic acids is 1. The van der Waals surface area contributed by atoms with Gasteiger partial charge in [0.1, 0.15) is 6.10 Å². The number of ketones is 1. The molecule has 0 radical (unpaired) electrons. The predicted octanol–water partition coefficient (Wildman–Crippen LogP) is 0.316. The molecule has 6 heteroatoms. The van der Waals surface area contributed by atoms with Crippen LogP contribution in [0.4, 0.5) is 4.39 Å². The molecule has 0 bridgehead atoms. The summed E-state index contributed by atoms with van der Waals surface area (Å²) in [6.45, 7) is 0.831. The predicted molar refractivity (Wildman–Crippen MR) is 38.6 cm³/mol. The summed E-state index contributed by atoms with van der Waals surface area (Å²) in [6, 6.07) is 0. The van der Waals surface area contributed by atoms with Gasteiger partial charge in [0.05, 0.1) is 6.42 Å². The molecule has 0 spiro atoms. The van der Waals surface area contributed by atoms with Gasteiger partial charge in [0.2, 0.25) is 0 Å². The summed E-state index contributed by atoms with van der Waals surface area (Å²) in [7, 11) is 0. The zero-order chi connectivity index (χ0) is 9.94. The number of Topliss-reactive ketones (excluding diaryl/α,β-unsaturated/α-hetero) is 1. The number of hydrogen-bond donors (Lipinski definition) is 2. The normalized spacial score (nSPS) is 18.0. The lowest BCUT2D eigenvalue weighted by Crippen LogP contribution is -2.40. The van der Waals surface area contributed by atoms with E-state index in [4.69, 9.17) is 21.8 Å². The Morgan fingerprint density at radius 2 is 2.08 bits per heavy atom. The summed E-state index contributed by atoms with van der Waals surface area (Å²) in [5, 5.41) is 13.9. The molecule has 0 rings (SSSR count). The molecule has 70 valence electrons. The minimum Gasteiger partial charge on any atom is -0.481 e. The molecule has 2 N–H and O–H groups in total. The van der Waals surface area contributed by atoms with E-state index in [2.05, 4.69) is 0 Å². The summed E-state index contributed by atoms with van der Waals surface area (Å²) in [4.78, 5) is 20.4. The van der Waals surface area contributed by atoms with Crippen molar-refractivity contribution in [2.75, 3.05) is 0 Å². The molecule has 0 aromatic carbocycles. The third kappa shape index (κ3) is 2.75. The van der Waals surface area contributed by atoms with Gasteiger partial charge in [-0.25, -0.2) is 4.39 Å². The van der Waals surface area contributed by atoms with E-state index in [1.165, 1.54) is 0 Å². The fourth-order valence-electron chi connectivity index (χ4n) is 0.528. The molecule has 0 fully saturated rings. The highest BCUT2D eigenvalue weighted by Crippen LogP contribution is 2.25. The van der Waals surface area contributed by atoms with Crippen molar-refractivity contribution in [3.63, 3.8) is 0 Å². The summed E-state index contributed by atoms with van der Waals surface area (Å²) < 4.78 is 12.9. The van der Waals surface area contributed by atoms with E-state index in [1.807, 2.05) is 0 Å². The molecular formula is C6H8ClFO4. The first-order valence-electron chi connectivity index (χ1n) is 3.07. The number of carbonyl (C=O) groups excluding carboxylic acids is 1. The molecule has 0 heterocycles. The summed E-state index contributed by atoms with van der Waals surface area (Å²) >= 11 is 4.94. The number of carbonyl (C=O) groups is 2. The fraction of sp³-hybridized carbons (Fsp3) is 0.667. The SMILES string of the molecule is CC(=O)C(F)(Cl)C(O)CC(=O)O. The molecule has 0 aliphatic carbocycles. The maximum Gasteiger partial charge on any atom is 0.306 e. The Balaban J connectivity index is 4.35. The van der Waals surface area contributed by atoms with Gasteiger partial charge < -0.3 is 10.2 Å². The lowest BCUT2D eigenvalue weighted by Gasteiger charge is -2.19. The van der Waals surface area contributed by atoms with Gasteiger partial charge >= 0.3 is 5.97 Å². The highest BCUT2D eigenvalue weighted by Gasteiger charge is 2.42. The van der Waals surface area contributed by atoms with E-state index in [0.717, 1.165) is 6.92 Å². The monoisotopic (exact) mass is 198 g/mol. The van der Waals surface area contributed by atoms with E-state index < -0.39 is 29.4 Å². The van der Waals surface area contributed by atoms with E-state index in [0.29, 0.717) is 0 Å².